The van der Waals surface area contributed by atoms with E-state index in [9.17, 15) is 4.79 Å². The lowest BCUT2D eigenvalue weighted by molar-refractivity contribution is -0.154. The summed E-state index contributed by atoms with van der Waals surface area (Å²) in [6.45, 7) is 0.994. The van der Waals surface area contributed by atoms with Gasteiger partial charge in [-0.05, 0) is 18.5 Å². The molecule has 1 aromatic carbocycles. The molecular weight excluding hydrogens is 206 g/mol. The largest absolute Gasteiger partial charge is 0.467 e. The summed E-state index contributed by atoms with van der Waals surface area (Å²) in [5, 5.41) is 0. The van der Waals surface area contributed by atoms with Crippen molar-refractivity contribution in [1.29, 1.82) is 0 Å². The Bertz CT molecular complexity index is 313. The van der Waals surface area contributed by atoms with Crippen LogP contribution < -0.4 is 5.73 Å². The molecule has 0 saturated heterocycles. The van der Waals surface area contributed by atoms with Gasteiger partial charge in [0.15, 0.2) is 6.10 Å². The van der Waals surface area contributed by atoms with Gasteiger partial charge in [0.2, 0.25) is 0 Å². The second-order valence-electron chi connectivity index (χ2n) is 3.33. The molecule has 0 amide bonds. The molecule has 1 unspecified atom stereocenters. The van der Waals surface area contributed by atoms with E-state index in [4.69, 9.17) is 15.2 Å². The quantitative estimate of drug-likeness (QED) is 0.582. The molecule has 0 heterocycles. The van der Waals surface area contributed by atoms with E-state index in [1.54, 1.807) is 0 Å². The molecule has 1 rings (SSSR count). The van der Waals surface area contributed by atoms with Crippen molar-refractivity contribution in [3.05, 3.63) is 35.9 Å². The molecule has 0 saturated carbocycles. The van der Waals surface area contributed by atoms with E-state index >= 15 is 0 Å². The van der Waals surface area contributed by atoms with Crippen LogP contribution in [0.3, 0.4) is 0 Å². The van der Waals surface area contributed by atoms with Crippen LogP contribution in [0.1, 0.15) is 18.1 Å². The fourth-order valence-corrected chi connectivity index (χ4v) is 1.32. The number of methoxy groups -OCH3 is 1. The second-order valence-corrected chi connectivity index (χ2v) is 3.33. The van der Waals surface area contributed by atoms with Crippen molar-refractivity contribution in [3.63, 3.8) is 0 Å². The summed E-state index contributed by atoms with van der Waals surface area (Å²) in [5.74, 6) is -0.386. The van der Waals surface area contributed by atoms with Crippen LogP contribution in [-0.2, 0) is 14.3 Å². The predicted octanol–water partition coefficient (Wildman–Crippen LogP) is 1.27. The zero-order valence-corrected chi connectivity index (χ0v) is 9.39. The topological polar surface area (TPSA) is 61.5 Å². The van der Waals surface area contributed by atoms with Gasteiger partial charge in [0, 0.05) is 6.61 Å². The first-order valence-electron chi connectivity index (χ1n) is 5.24. The van der Waals surface area contributed by atoms with Crippen LogP contribution in [-0.4, -0.2) is 26.2 Å². The number of ether oxygens (including phenoxy) is 2. The highest BCUT2D eigenvalue weighted by Crippen LogP contribution is 2.18. The van der Waals surface area contributed by atoms with Gasteiger partial charge in [-0.3, -0.25) is 0 Å². The summed E-state index contributed by atoms with van der Waals surface area (Å²) in [5.41, 5.74) is 6.16. The Labute approximate surface area is 95.3 Å². The van der Waals surface area contributed by atoms with Gasteiger partial charge >= 0.3 is 5.97 Å². The molecule has 0 aliphatic carbocycles. The minimum atomic E-state index is -0.655. The smallest absolute Gasteiger partial charge is 0.339 e. The Morgan fingerprint density at radius 3 is 2.62 bits per heavy atom. The number of nitrogens with two attached hydrogens (primary N) is 1. The van der Waals surface area contributed by atoms with Crippen molar-refractivity contribution in [2.24, 2.45) is 5.73 Å². The van der Waals surface area contributed by atoms with E-state index in [1.807, 2.05) is 30.3 Å². The molecule has 0 aliphatic heterocycles. The van der Waals surface area contributed by atoms with Crippen molar-refractivity contribution >= 4 is 5.97 Å². The average Bonchev–Trinajstić information content (AvgIpc) is 2.35. The summed E-state index contributed by atoms with van der Waals surface area (Å²) < 4.78 is 10.2. The first kappa shape index (κ1) is 12.7. The van der Waals surface area contributed by atoms with E-state index in [0.717, 1.165) is 12.0 Å². The van der Waals surface area contributed by atoms with Crippen molar-refractivity contribution in [3.8, 4) is 0 Å². The average molecular weight is 223 g/mol. The summed E-state index contributed by atoms with van der Waals surface area (Å²) in [7, 11) is 1.35. The van der Waals surface area contributed by atoms with Crippen molar-refractivity contribution in [2.45, 2.75) is 12.5 Å². The molecule has 1 atom stereocenters. The van der Waals surface area contributed by atoms with E-state index in [2.05, 4.69) is 0 Å². The maximum atomic E-state index is 11.5. The van der Waals surface area contributed by atoms with Crippen molar-refractivity contribution < 1.29 is 14.3 Å². The van der Waals surface area contributed by atoms with Crippen LogP contribution in [0.15, 0.2) is 30.3 Å². The molecule has 0 spiro atoms. The Kier molecular flexibility index (Phi) is 5.53. The highest BCUT2D eigenvalue weighted by atomic mass is 16.6. The normalized spacial score (nSPS) is 12.1. The number of carbonyl (C=O) groups is 1. The lowest BCUT2D eigenvalue weighted by Gasteiger charge is -2.15. The minimum absolute atomic E-state index is 0.386. The van der Waals surface area contributed by atoms with E-state index in [1.165, 1.54) is 7.11 Å². The molecule has 88 valence electrons. The monoisotopic (exact) mass is 223 g/mol. The number of carbonyl (C=O) groups excluding carboxylic acids is 1. The van der Waals surface area contributed by atoms with Crippen LogP contribution in [0.2, 0.25) is 0 Å². The summed E-state index contributed by atoms with van der Waals surface area (Å²) >= 11 is 0. The molecular formula is C12H17NO3. The van der Waals surface area contributed by atoms with Crippen LogP contribution in [0, 0.1) is 0 Å². The third-order valence-corrected chi connectivity index (χ3v) is 2.15. The Morgan fingerprint density at radius 1 is 1.38 bits per heavy atom. The van der Waals surface area contributed by atoms with Crippen molar-refractivity contribution in [1.82, 2.24) is 0 Å². The summed E-state index contributed by atoms with van der Waals surface area (Å²) in [6.07, 6.45) is 0.0677. The van der Waals surface area contributed by atoms with Gasteiger partial charge in [-0.25, -0.2) is 4.79 Å². The number of esters is 1. The maximum absolute atomic E-state index is 11.5. The third-order valence-electron chi connectivity index (χ3n) is 2.15. The van der Waals surface area contributed by atoms with E-state index in [-0.39, 0.29) is 5.97 Å². The van der Waals surface area contributed by atoms with Crippen LogP contribution >= 0.6 is 0 Å². The third kappa shape index (κ3) is 3.64. The first-order valence-corrected chi connectivity index (χ1v) is 5.24. The Balaban J connectivity index is 2.68. The standard InChI is InChI=1S/C12H17NO3/c1-15-12(14)11(16-9-5-8-13)10-6-3-2-4-7-10/h2-4,6-7,11H,5,8-9,13H2,1H3. The molecule has 0 fully saturated rings. The second kappa shape index (κ2) is 6.98. The highest BCUT2D eigenvalue weighted by molar-refractivity contribution is 5.76. The van der Waals surface area contributed by atoms with Gasteiger partial charge in [0.25, 0.3) is 0 Å². The van der Waals surface area contributed by atoms with Crippen LogP contribution in [0.4, 0.5) is 0 Å². The number of hydrogen-bond donors (Lipinski definition) is 1. The zero-order chi connectivity index (χ0) is 11.8. The SMILES string of the molecule is COC(=O)C(OCCCN)c1ccccc1. The van der Waals surface area contributed by atoms with E-state index < -0.39 is 6.10 Å². The fraction of sp³-hybridized carbons (Fsp3) is 0.417. The Morgan fingerprint density at radius 2 is 2.06 bits per heavy atom. The van der Waals surface area contributed by atoms with Gasteiger partial charge in [0.1, 0.15) is 0 Å². The van der Waals surface area contributed by atoms with E-state index in [0.29, 0.717) is 13.2 Å². The number of hydrogen-bond acceptors (Lipinski definition) is 4. The summed E-state index contributed by atoms with van der Waals surface area (Å²) in [4.78, 5) is 11.5. The number of benzene rings is 1. The maximum Gasteiger partial charge on any atom is 0.339 e. The van der Waals surface area contributed by atoms with Gasteiger partial charge in [-0.1, -0.05) is 30.3 Å². The molecule has 4 heteroatoms. The molecule has 16 heavy (non-hydrogen) atoms. The van der Waals surface area contributed by atoms with Gasteiger partial charge in [-0.2, -0.15) is 0 Å². The molecule has 2 N–H and O–H groups in total. The van der Waals surface area contributed by atoms with Gasteiger partial charge < -0.3 is 15.2 Å². The summed E-state index contributed by atoms with van der Waals surface area (Å²) in [6, 6.07) is 9.28. The van der Waals surface area contributed by atoms with Crippen LogP contribution in [0.5, 0.6) is 0 Å². The molecule has 0 aromatic heterocycles. The zero-order valence-electron chi connectivity index (χ0n) is 9.39. The Hall–Kier alpha value is -1.39. The molecule has 4 nitrogen and oxygen atoms in total. The molecule has 0 radical (unpaired) electrons. The number of rotatable bonds is 6. The van der Waals surface area contributed by atoms with Gasteiger partial charge in [0.05, 0.1) is 7.11 Å². The minimum Gasteiger partial charge on any atom is -0.467 e. The first-order chi connectivity index (χ1) is 7.79. The molecule has 1 aromatic rings. The van der Waals surface area contributed by atoms with Crippen LogP contribution in [0.25, 0.3) is 0 Å². The lowest BCUT2D eigenvalue weighted by Crippen LogP contribution is -2.19. The molecule has 0 aliphatic rings. The van der Waals surface area contributed by atoms with Crippen molar-refractivity contribution in [2.75, 3.05) is 20.3 Å². The highest BCUT2D eigenvalue weighted by Gasteiger charge is 2.21. The predicted molar refractivity (Wildman–Crippen MR) is 60.8 cm³/mol. The molecule has 0 bridgehead atoms. The van der Waals surface area contributed by atoms with Gasteiger partial charge in [-0.15, -0.1) is 0 Å². The fourth-order valence-electron chi connectivity index (χ4n) is 1.32. The lowest BCUT2D eigenvalue weighted by atomic mass is 10.1.